The van der Waals surface area contributed by atoms with Crippen molar-refractivity contribution in [2.45, 2.75) is 0 Å². The van der Waals surface area contributed by atoms with Crippen LogP contribution in [0.25, 0.3) is 85.8 Å². The highest BCUT2D eigenvalue weighted by atomic mass is 32.1. The summed E-state index contributed by atoms with van der Waals surface area (Å²) in [4.78, 5) is 15.4. The van der Waals surface area contributed by atoms with E-state index in [4.69, 9.17) is 19.4 Å². The van der Waals surface area contributed by atoms with Crippen molar-refractivity contribution in [1.29, 1.82) is 5.41 Å². The molecular weight excluding hydrogens is 705 g/mol. The monoisotopic (exact) mass is 734 g/mol. The van der Waals surface area contributed by atoms with Crippen molar-refractivity contribution >= 4 is 104 Å². The number of hydrogen-bond donors (Lipinski definition) is 1. The molecule has 11 aromatic rings. The Morgan fingerprint density at radius 1 is 0.571 bits per heavy atom. The molecule has 11 rings (SSSR count). The first kappa shape index (κ1) is 32.2. The Morgan fingerprint density at radius 3 is 2.23 bits per heavy atom. The Kier molecular flexibility index (Phi) is 7.43. The van der Waals surface area contributed by atoms with Crippen LogP contribution in [0.15, 0.2) is 184 Å². The minimum absolute atomic E-state index is 0.139. The number of benzene rings is 8. The van der Waals surface area contributed by atoms with E-state index >= 15 is 0 Å². The highest BCUT2D eigenvalue weighted by Crippen LogP contribution is 2.41. The number of nitrogens with one attached hydrogen (secondary N) is 1. The Morgan fingerprint density at radius 2 is 1.32 bits per heavy atom. The van der Waals surface area contributed by atoms with Crippen molar-refractivity contribution in [3.05, 3.63) is 187 Å². The molecule has 0 aliphatic carbocycles. The second-order valence-electron chi connectivity index (χ2n) is 13.9. The Balaban J connectivity index is 1.14. The normalized spacial score (nSPS) is 12.4. The van der Waals surface area contributed by atoms with E-state index in [1.807, 2.05) is 79.0 Å². The number of aromatic nitrogens is 1. The topological polar surface area (TPSA) is 74.6 Å². The Bertz CT molecular complexity index is 3440. The lowest BCUT2D eigenvalue weighted by Crippen LogP contribution is -2.05. The van der Waals surface area contributed by atoms with Crippen LogP contribution in [0, 0.1) is 5.41 Å². The molecule has 5 nitrogen and oxygen atoms in total. The lowest BCUT2D eigenvalue weighted by atomic mass is 9.95. The molecule has 56 heavy (non-hydrogen) atoms. The van der Waals surface area contributed by atoms with Gasteiger partial charge in [-0.2, -0.15) is 0 Å². The molecule has 0 atom stereocenters. The van der Waals surface area contributed by atoms with Crippen molar-refractivity contribution in [3.63, 3.8) is 0 Å². The molecule has 8 aromatic carbocycles. The van der Waals surface area contributed by atoms with Crippen LogP contribution in [-0.2, 0) is 0 Å². The smallest absolute Gasteiger partial charge is 0.161 e. The molecule has 262 valence electrons. The van der Waals surface area contributed by atoms with Gasteiger partial charge in [0, 0.05) is 70.0 Å². The Labute approximate surface area is 325 Å². The summed E-state index contributed by atoms with van der Waals surface area (Å²) in [6.07, 6.45) is 1.86. The van der Waals surface area contributed by atoms with Crippen molar-refractivity contribution in [2.24, 2.45) is 9.98 Å². The van der Waals surface area contributed by atoms with Crippen LogP contribution in [-0.4, -0.2) is 22.9 Å². The SMILES string of the molecule is N=C(N=C(N=Cc1ccc2c(c1)sc1ccccc12)c1ccc2nc(-c3ccccc3)c3ccc4oc5ccccc5c4c3c2c1)c1cccc2ccccc12. The second-order valence-corrected chi connectivity index (χ2v) is 15.0. The maximum Gasteiger partial charge on any atom is 0.161 e. The zero-order chi connectivity index (χ0) is 37.2. The fraction of sp³-hybridized carbons (Fsp3) is 0. The second kappa shape index (κ2) is 12.9. The quantitative estimate of drug-likeness (QED) is 0.111. The summed E-state index contributed by atoms with van der Waals surface area (Å²) in [6.45, 7) is 0. The van der Waals surface area contributed by atoms with Crippen LogP contribution < -0.4 is 0 Å². The van der Waals surface area contributed by atoms with Gasteiger partial charge in [-0.1, -0.05) is 121 Å². The van der Waals surface area contributed by atoms with Gasteiger partial charge in [0.1, 0.15) is 11.2 Å². The van der Waals surface area contributed by atoms with E-state index in [1.54, 1.807) is 11.3 Å². The molecule has 0 amide bonds. The molecule has 0 aliphatic heterocycles. The summed E-state index contributed by atoms with van der Waals surface area (Å²) < 4.78 is 8.87. The molecule has 1 N–H and O–H groups in total. The van der Waals surface area contributed by atoms with Crippen LogP contribution in [0.5, 0.6) is 0 Å². The largest absolute Gasteiger partial charge is 0.456 e. The first-order valence-corrected chi connectivity index (χ1v) is 19.3. The number of hydrogen-bond acceptors (Lipinski definition) is 4. The molecule has 3 aromatic heterocycles. The van der Waals surface area contributed by atoms with Crippen molar-refractivity contribution in [1.82, 2.24) is 4.98 Å². The summed E-state index contributed by atoms with van der Waals surface area (Å²) in [5.74, 6) is 0.574. The number of furan rings is 1. The van der Waals surface area contributed by atoms with Gasteiger partial charge in [-0.3, -0.25) is 5.41 Å². The van der Waals surface area contributed by atoms with Gasteiger partial charge in [-0.15, -0.1) is 11.3 Å². The van der Waals surface area contributed by atoms with E-state index < -0.39 is 0 Å². The maximum absolute atomic E-state index is 9.35. The van der Waals surface area contributed by atoms with Gasteiger partial charge in [-0.05, 0) is 64.9 Å². The predicted octanol–water partition coefficient (Wildman–Crippen LogP) is 13.4. The molecule has 6 heteroatoms. The molecule has 0 bridgehead atoms. The van der Waals surface area contributed by atoms with Gasteiger partial charge in [0.2, 0.25) is 0 Å². The fourth-order valence-electron chi connectivity index (χ4n) is 7.99. The number of fused-ring (bicyclic) bond motifs is 11. The summed E-state index contributed by atoms with van der Waals surface area (Å²) in [7, 11) is 0. The van der Waals surface area contributed by atoms with Gasteiger partial charge in [-0.25, -0.2) is 15.0 Å². The van der Waals surface area contributed by atoms with Crippen molar-refractivity contribution in [3.8, 4) is 11.3 Å². The molecule has 0 spiro atoms. The van der Waals surface area contributed by atoms with E-state index in [-0.39, 0.29) is 5.84 Å². The van der Waals surface area contributed by atoms with Gasteiger partial charge in [0.15, 0.2) is 11.7 Å². The number of aliphatic imine (C=N–C) groups is 2. The van der Waals surface area contributed by atoms with Crippen LogP contribution in [0.3, 0.4) is 0 Å². The van der Waals surface area contributed by atoms with Crippen LogP contribution in [0.4, 0.5) is 0 Å². The van der Waals surface area contributed by atoms with Crippen LogP contribution in [0.2, 0.25) is 0 Å². The highest BCUT2D eigenvalue weighted by molar-refractivity contribution is 7.25. The van der Waals surface area contributed by atoms with Crippen molar-refractivity contribution < 1.29 is 4.42 Å². The molecule has 0 unspecified atom stereocenters. The third-order valence-corrected chi connectivity index (χ3v) is 11.7. The van der Waals surface area contributed by atoms with E-state index in [0.29, 0.717) is 5.84 Å². The van der Waals surface area contributed by atoms with Crippen molar-refractivity contribution in [2.75, 3.05) is 0 Å². The van der Waals surface area contributed by atoms with Crippen LogP contribution in [0.1, 0.15) is 16.7 Å². The molecule has 0 saturated carbocycles. The Hall–Kier alpha value is -7.28. The molecule has 0 radical (unpaired) electrons. The number of pyridine rings is 1. The number of para-hydroxylation sites is 1. The summed E-state index contributed by atoms with van der Waals surface area (Å²) in [5.41, 5.74) is 6.94. The average Bonchev–Trinajstić information content (AvgIpc) is 3.83. The number of thiophene rings is 1. The van der Waals surface area contributed by atoms with Crippen LogP contribution >= 0.6 is 11.3 Å². The van der Waals surface area contributed by atoms with Gasteiger partial charge in [0.05, 0.1) is 11.2 Å². The molecule has 3 heterocycles. The van der Waals surface area contributed by atoms with E-state index in [0.717, 1.165) is 82.3 Å². The zero-order valence-electron chi connectivity index (χ0n) is 29.9. The van der Waals surface area contributed by atoms with E-state index in [2.05, 4.69) is 97.1 Å². The molecule has 0 aliphatic rings. The molecule has 0 fully saturated rings. The minimum atomic E-state index is 0.139. The average molecular weight is 735 g/mol. The van der Waals surface area contributed by atoms with Gasteiger partial charge < -0.3 is 4.42 Å². The number of rotatable bonds is 4. The highest BCUT2D eigenvalue weighted by Gasteiger charge is 2.19. The number of amidine groups is 2. The fourth-order valence-corrected chi connectivity index (χ4v) is 9.14. The standard InChI is InChI=1S/C50H30N4OS/c51-49(37-18-10-14-31-11-4-5-15-34(31)37)54-50(52-29-30-21-23-36-35-16-7-9-20-44(35)56-45(36)27-30)33-22-25-41-40(28-33)46-39(48(53-41)32-12-2-1-3-13-32)24-26-43-47(46)38-17-6-8-19-42(38)55-43/h1-29,51H. The third kappa shape index (κ3) is 5.30. The van der Waals surface area contributed by atoms with Gasteiger partial charge >= 0.3 is 0 Å². The lowest BCUT2D eigenvalue weighted by molar-refractivity contribution is 0.669. The summed E-state index contributed by atoms with van der Waals surface area (Å²) in [6, 6.07) is 57.9. The first-order chi connectivity index (χ1) is 27.7. The van der Waals surface area contributed by atoms with E-state index in [1.165, 1.54) is 20.2 Å². The lowest BCUT2D eigenvalue weighted by Gasteiger charge is -2.13. The molecule has 0 saturated heterocycles. The first-order valence-electron chi connectivity index (χ1n) is 18.5. The predicted molar refractivity (Wildman–Crippen MR) is 236 cm³/mol. The third-order valence-electron chi connectivity index (χ3n) is 10.6. The zero-order valence-corrected chi connectivity index (χ0v) is 30.7. The van der Waals surface area contributed by atoms with E-state index in [9.17, 15) is 5.41 Å². The number of nitrogens with zero attached hydrogens (tertiary/aromatic N) is 3. The maximum atomic E-state index is 9.35. The van der Waals surface area contributed by atoms with Gasteiger partial charge in [0.25, 0.3) is 0 Å². The summed E-state index contributed by atoms with van der Waals surface area (Å²) in [5, 5.41) is 19.0. The molecular formula is C50H30N4OS. The summed E-state index contributed by atoms with van der Waals surface area (Å²) >= 11 is 1.78. The minimum Gasteiger partial charge on any atom is -0.456 e.